The van der Waals surface area contributed by atoms with Crippen molar-refractivity contribution in [2.45, 2.75) is 18.2 Å². The van der Waals surface area contributed by atoms with E-state index in [-0.39, 0.29) is 17.2 Å². The number of carbonyl (C=O) groups excluding carboxylic acids is 1. The van der Waals surface area contributed by atoms with Crippen LogP contribution in [-0.2, 0) is 21.2 Å². The van der Waals surface area contributed by atoms with Gasteiger partial charge in [0.25, 0.3) is 10.0 Å². The van der Waals surface area contributed by atoms with E-state index in [0.29, 0.717) is 18.0 Å². The van der Waals surface area contributed by atoms with Gasteiger partial charge in [-0.2, -0.15) is 0 Å². The average molecular weight is 346 g/mol. The summed E-state index contributed by atoms with van der Waals surface area (Å²) < 4.78 is 32.6. The van der Waals surface area contributed by atoms with E-state index < -0.39 is 10.0 Å². The first-order valence-electron chi connectivity index (χ1n) is 7.55. The molecule has 0 radical (unpaired) electrons. The number of ether oxygens (including phenoxy) is 1. The predicted molar refractivity (Wildman–Crippen MR) is 92.0 cm³/mol. The Hall–Kier alpha value is -2.54. The number of hydrogen-bond donors (Lipinski definition) is 1. The number of amides is 1. The monoisotopic (exact) mass is 346 g/mol. The summed E-state index contributed by atoms with van der Waals surface area (Å²) in [6, 6.07) is 11.4. The molecule has 3 rings (SSSR count). The van der Waals surface area contributed by atoms with E-state index in [1.165, 1.54) is 19.2 Å². The third-order valence-corrected chi connectivity index (χ3v) is 5.31. The fraction of sp³-hybridized carbons (Fsp3) is 0.235. The molecule has 0 aromatic heterocycles. The van der Waals surface area contributed by atoms with Crippen molar-refractivity contribution in [1.29, 1.82) is 0 Å². The smallest absolute Gasteiger partial charge is 0.262 e. The summed E-state index contributed by atoms with van der Waals surface area (Å²) in [5, 5.41) is 0. The van der Waals surface area contributed by atoms with Gasteiger partial charge >= 0.3 is 0 Å². The Kier molecular flexibility index (Phi) is 4.19. The molecule has 2 aromatic rings. The minimum absolute atomic E-state index is 0.0281. The number of benzene rings is 2. The van der Waals surface area contributed by atoms with E-state index in [4.69, 9.17) is 4.74 Å². The van der Waals surface area contributed by atoms with Crippen LogP contribution in [0.25, 0.3) is 0 Å². The number of likely N-dealkylation sites (N-methyl/N-ethyl adjacent to an activating group) is 1. The maximum atomic E-state index is 12.5. The molecule has 7 heteroatoms. The van der Waals surface area contributed by atoms with Gasteiger partial charge in [0.05, 0.1) is 18.4 Å². The second kappa shape index (κ2) is 6.16. The molecule has 1 aliphatic heterocycles. The van der Waals surface area contributed by atoms with Crippen molar-refractivity contribution in [1.82, 2.24) is 0 Å². The Morgan fingerprint density at radius 2 is 2.00 bits per heavy atom. The summed E-state index contributed by atoms with van der Waals surface area (Å²) in [5.74, 6) is 0.497. The van der Waals surface area contributed by atoms with E-state index in [1.54, 1.807) is 35.2 Å². The molecule has 0 bridgehead atoms. The van der Waals surface area contributed by atoms with Crippen LogP contribution in [0.2, 0.25) is 0 Å². The van der Waals surface area contributed by atoms with Crippen LogP contribution >= 0.6 is 0 Å². The lowest BCUT2D eigenvalue weighted by molar-refractivity contribution is -0.117. The summed E-state index contributed by atoms with van der Waals surface area (Å²) in [4.78, 5) is 13.7. The first kappa shape index (κ1) is 16.3. The van der Waals surface area contributed by atoms with Gasteiger partial charge in [-0.05, 0) is 42.8 Å². The van der Waals surface area contributed by atoms with Crippen molar-refractivity contribution in [3.05, 3.63) is 48.0 Å². The van der Waals surface area contributed by atoms with Gasteiger partial charge in [0, 0.05) is 24.0 Å². The lowest BCUT2D eigenvalue weighted by Crippen LogP contribution is -2.25. The van der Waals surface area contributed by atoms with Gasteiger partial charge in [0.15, 0.2) is 0 Å². The highest BCUT2D eigenvalue weighted by Crippen LogP contribution is 2.31. The Morgan fingerprint density at radius 3 is 2.71 bits per heavy atom. The van der Waals surface area contributed by atoms with E-state index in [9.17, 15) is 13.2 Å². The van der Waals surface area contributed by atoms with Crippen molar-refractivity contribution in [2.75, 3.05) is 23.3 Å². The zero-order valence-corrected chi connectivity index (χ0v) is 14.3. The van der Waals surface area contributed by atoms with Crippen LogP contribution in [0.5, 0.6) is 5.75 Å². The average Bonchev–Trinajstić information content (AvgIpc) is 2.88. The summed E-state index contributed by atoms with van der Waals surface area (Å²) in [7, 11) is -2.24. The van der Waals surface area contributed by atoms with Crippen molar-refractivity contribution in [3.8, 4) is 5.75 Å². The molecule has 1 N–H and O–H groups in total. The van der Waals surface area contributed by atoms with Gasteiger partial charge in [-0.15, -0.1) is 0 Å². The molecule has 0 aliphatic carbocycles. The molecule has 0 atom stereocenters. The molecule has 0 fully saturated rings. The fourth-order valence-electron chi connectivity index (χ4n) is 2.78. The zero-order valence-electron chi connectivity index (χ0n) is 13.4. The van der Waals surface area contributed by atoms with E-state index in [1.807, 2.05) is 6.92 Å². The van der Waals surface area contributed by atoms with Gasteiger partial charge in [-0.3, -0.25) is 9.52 Å². The number of anilines is 2. The minimum atomic E-state index is -3.72. The third-order valence-electron chi connectivity index (χ3n) is 3.93. The number of hydrogen-bond acceptors (Lipinski definition) is 4. The van der Waals surface area contributed by atoms with Crippen molar-refractivity contribution in [2.24, 2.45) is 0 Å². The maximum absolute atomic E-state index is 12.5. The number of nitrogens with zero attached hydrogens (tertiary/aromatic N) is 1. The number of sulfonamides is 1. The molecule has 0 saturated heterocycles. The Morgan fingerprint density at radius 1 is 1.21 bits per heavy atom. The number of methoxy groups -OCH3 is 1. The quantitative estimate of drug-likeness (QED) is 0.902. The topological polar surface area (TPSA) is 75.7 Å². The van der Waals surface area contributed by atoms with Gasteiger partial charge in [-0.1, -0.05) is 6.07 Å². The van der Waals surface area contributed by atoms with E-state index in [2.05, 4.69) is 4.72 Å². The highest BCUT2D eigenvalue weighted by atomic mass is 32.2. The van der Waals surface area contributed by atoms with Gasteiger partial charge in [-0.25, -0.2) is 8.42 Å². The summed E-state index contributed by atoms with van der Waals surface area (Å²) >= 11 is 0. The third kappa shape index (κ3) is 2.94. The Bertz CT molecular complexity index is 893. The highest BCUT2D eigenvalue weighted by molar-refractivity contribution is 7.92. The van der Waals surface area contributed by atoms with E-state index in [0.717, 1.165) is 11.3 Å². The number of fused-ring (bicyclic) bond motifs is 1. The molecule has 0 saturated carbocycles. The largest absolute Gasteiger partial charge is 0.497 e. The predicted octanol–water partition coefficient (Wildman–Crippen LogP) is 2.41. The molecular formula is C17H18N2O4S. The SMILES string of the molecule is CCN1C(=O)Cc2cc(NS(=O)(=O)c3cccc(OC)c3)ccc21. The second-order valence-corrected chi connectivity index (χ2v) is 7.13. The van der Waals surface area contributed by atoms with Crippen LogP contribution in [0.15, 0.2) is 47.4 Å². The lowest BCUT2D eigenvalue weighted by Gasteiger charge is -2.15. The highest BCUT2D eigenvalue weighted by Gasteiger charge is 2.26. The van der Waals surface area contributed by atoms with Crippen LogP contribution in [0.4, 0.5) is 11.4 Å². The molecule has 1 heterocycles. The molecule has 6 nitrogen and oxygen atoms in total. The lowest BCUT2D eigenvalue weighted by atomic mass is 10.1. The molecule has 126 valence electrons. The van der Waals surface area contributed by atoms with Gasteiger partial charge < -0.3 is 9.64 Å². The molecule has 1 aliphatic rings. The van der Waals surface area contributed by atoms with Gasteiger partial charge in [0.2, 0.25) is 5.91 Å². The Labute approximate surface area is 141 Å². The number of nitrogens with one attached hydrogen (secondary N) is 1. The van der Waals surface area contributed by atoms with Crippen LogP contribution in [-0.4, -0.2) is 28.0 Å². The fourth-order valence-corrected chi connectivity index (χ4v) is 3.86. The van der Waals surface area contributed by atoms with Crippen molar-refractivity contribution in [3.63, 3.8) is 0 Å². The number of rotatable bonds is 5. The molecule has 2 aromatic carbocycles. The van der Waals surface area contributed by atoms with E-state index >= 15 is 0 Å². The molecule has 0 unspecified atom stereocenters. The van der Waals surface area contributed by atoms with Crippen LogP contribution in [0.1, 0.15) is 12.5 Å². The molecule has 1 amide bonds. The Balaban J connectivity index is 1.89. The maximum Gasteiger partial charge on any atom is 0.262 e. The zero-order chi connectivity index (χ0) is 17.3. The standard InChI is InChI=1S/C17H18N2O4S/c1-3-19-16-8-7-13(9-12(16)10-17(19)20)18-24(21,22)15-6-4-5-14(11-15)23-2/h4-9,11,18H,3,10H2,1-2H3. The minimum Gasteiger partial charge on any atom is -0.497 e. The molecule has 24 heavy (non-hydrogen) atoms. The first-order valence-corrected chi connectivity index (χ1v) is 9.03. The summed E-state index contributed by atoms with van der Waals surface area (Å²) in [5.41, 5.74) is 2.10. The van der Waals surface area contributed by atoms with Crippen LogP contribution in [0.3, 0.4) is 0 Å². The first-order chi connectivity index (χ1) is 11.4. The summed E-state index contributed by atoms with van der Waals surface area (Å²) in [6.07, 6.45) is 0.290. The van der Waals surface area contributed by atoms with Crippen molar-refractivity contribution >= 4 is 27.3 Å². The second-order valence-electron chi connectivity index (χ2n) is 5.44. The molecule has 0 spiro atoms. The van der Waals surface area contributed by atoms with Crippen LogP contribution in [0, 0.1) is 0 Å². The normalized spacial score (nSPS) is 13.8. The molecular weight excluding hydrogens is 328 g/mol. The van der Waals surface area contributed by atoms with Gasteiger partial charge in [0.1, 0.15) is 5.75 Å². The van der Waals surface area contributed by atoms with Crippen LogP contribution < -0.4 is 14.4 Å². The number of carbonyl (C=O) groups is 1. The summed E-state index contributed by atoms with van der Waals surface area (Å²) in [6.45, 7) is 2.51. The van der Waals surface area contributed by atoms with Crippen molar-refractivity contribution < 1.29 is 17.9 Å².